The van der Waals surface area contributed by atoms with Gasteiger partial charge in [0, 0.05) is 19.0 Å². The number of carbonyl (C=O) groups is 1. The van der Waals surface area contributed by atoms with Gasteiger partial charge >= 0.3 is 0 Å². The van der Waals surface area contributed by atoms with Gasteiger partial charge in [-0.1, -0.05) is 0 Å². The van der Waals surface area contributed by atoms with E-state index in [1.54, 1.807) is 4.90 Å². The smallest absolute Gasteiger partial charge is 0.265 e. The topological polar surface area (TPSA) is 75.7 Å². The van der Waals surface area contributed by atoms with Crippen LogP contribution in [0.5, 0.6) is 0 Å². The minimum absolute atomic E-state index is 0.178. The lowest BCUT2D eigenvalue weighted by atomic mass is 10.1. The first-order chi connectivity index (χ1) is 7.97. The zero-order valence-electron chi connectivity index (χ0n) is 9.89. The standard InChI is InChI=1S/C10H18N2O4S/c1-17(14,15)16-9-4-7-12(10(9)13)8-2-5-11-6-3-8/h8-9,11H,2-7H2,1H3/t9-/m1/s1. The number of piperidine rings is 1. The second kappa shape index (κ2) is 4.91. The van der Waals surface area contributed by atoms with E-state index in [1.807, 2.05) is 0 Å². The van der Waals surface area contributed by atoms with Crippen molar-refractivity contribution in [2.24, 2.45) is 0 Å². The first-order valence-corrected chi connectivity index (χ1v) is 7.68. The Hall–Kier alpha value is -0.660. The molecule has 0 aliphatic carbocycles. The lowest BCUT2D eigenvalue weighted by molar-refractivity contribution is -0.135. The van der Waals surface area contributed by atoms with Gasteiger partial charge in [-0.3, -0.25) is 8.98 Å². The van der Waals surface area contributed by atoms with Crippen molar-refractivity contribution in [2.45, 2.75) is 31.4 Å². The van der Waals surface area contributed by atoms with Gasteiger partial charge in [0.05, 0.1) is 6.26 Å². The normalized spacial score (nSPS) is 27.7. The van der Waals surface area contributed by atoms with Crippen LogP contribution in [0.2, 0.25) is 0 Å². The van der Waals surface area contributed by atoms with Gasteiger partial charge < -0.3 is 10.2 Å². The summed E-state index contributed by atoms with van der Waals surface area (Å²) in [6, 6.07) is 0.233. The van der Waals surface area contributed by atoms with Gasteiger partial charge in [-0.2, -0.15) is 8.42 Å². The highest BCUT2D eigenvalue weighted by Crippen LogP contribution is 2.22. The molecule has 0 aromatic carbocycles. The molecule has 1 amide bonds. The predicted molar refractivity (Wildman–Crippen MR) is 61.9 cm³/mol. The molecule has 2 aliphatic heterocycles. The van der Waals surface area contributed by atoms with E-state index in [0.717, 1.165) is 32.2 Å². The number of nitrogens with one attached hydrogen (secondary N) is 1. The second-order valence-corrected chi connectivity index (χ2v) is 6.19. The summed E-state index contributed by atoms with van der Waals surface area (Å²) in [6.07, 6.45) is 2.50. The Morgan fingerprint density at radius 1 is 1.29 bits per heavy atom. The largest absolute Gasteiger partial charge is 0.337 e. The molecule has 0 spiro atoms. The van der Waals surface area contributed by atoms with Crippen molar-refractivity contribution < 1.29 is 17.4 Å². The minimum atomic E-state index is -3.55. The van der Waals surface area contributed by atoms with Gasteiger partial charge in [0.2, 0.25) is 0 Å². The summed E-state index contributed by atoms with van der Waals surface area (Å²) < 4.78 is 26.8. The number of carbonyl (C=O) groups excluding carboxylic acids is 1. The molecule has 0 saturated carbocycles. The van der Waals surface area contributed by atoms with Crippen LogP contribution in [-0.2, 0) is 19.1 Å². The molecule has 0 aromatic rings. The first-order valence-electron chi connectivity index (χ1n) is 5.87. The Morgan fingerprint density at radius 2 is 1.94 bits per heavy atom. The molecule has 98 valence electrons. The summed E-state index contributed by atoms with van der Waals surface area (Å²) in [5, 5.41) is 3.24. The molecule has 2 fully saturated rings. The molecule has 0 aromatic heterocycles. The predicted octanol–water partition coefficient (Wildman–Crippen LogP) is -0.684. The van der Waals surface area contributed by atoms with Gasteiger partial charge in [0.25, 0.3) is 16.0 Å². The Balaban J connectivity index is 1.97. The summed E-state index contributed by atoms with van der Waals surface area (Å²) in [5.41, 5.74) is 0. The molecule has 6 nitrogen and oxygen atoms in total. The van der Waals surface area contributed by atoms with Crippen LogP contribution in [0.15, 0.2) is 0 Å². The molecule has 2 heterocycles. The number of amides is 1. The fourth-order valence-electron chi connectivity index (χ4n) is 2.46. The number of hydrogen-bond donors (Lipinski definition) is 1. The van der Waals surface area contributed by atoms with Crippen molar-refractivity contribution in [3.05, 3.63) is 0 Å². The van der Waals surface area contributed by atoms with Gasteiger partial charge in [-0.25, -0.2) is 0 Å². The van der Waals surface area contributed by atoms with Gasteiger partial charge in [0.1, 0.15) is 0 Å². The average Bonchev–Trinajstić information content (AvgIpc) is 2.60. The SMILES string of the molecule is CS(=O)(=O)O[C@@H]1CCN(C2CCNCC2)C1=O. The van der Waals surface area contributed by atoms with Crippen molar-refractivity contribution in [1.82, 2.24) is 10.2 Å². The molecule has 1 atom stereocenters. The maximum absolute atomic E-state index is 12.0. The summed E-state index contributed by atoms with van der Waals surface area (Å²) in [4.78, 5) is 13.8. The zero-order valence-corrected chi connectivity index (χ0v) is 10.7. The molecule has 7 heteroatoms. The quantitative estimate of drug-likeness (QED) is 0.682. The third-order valence-electron chi connectivity index (χ3n) is 3.23. The van der Waals surface area contributed by atoms with E-state index in [2.05, 4.69) is 5.32 Å². The molecule has 2 rings (SSSR count). The van der Waals surface area contributed by atoms with Gasteiger partial charge in [0.15, 0.2) is 6.10 Å². The fourth-order valence-corrected chi connectivity index (χ4v) is 3.06. The van der Waals surface area contributed by atoms with E-state index in [4.69, 9.17) is 4.18 Å². The zero-order chi connectivity index (χ0) is 12.5. The highest BCUT2D eigenvalue weighted by molar-refractivity contribution is 7.86. The second-order valence-electron chi connectivity index (χ2n) is 4.59. The van der Waals surface area contributed by atoms with Crippen LogP contribution in [-0.4, -0.2) is 57.3 Å². The van der Waals surface area contributed by atoms with Crippen molar-refractivity contribution in [3.8, 4) is 0 Å². The summed E-state index contributed by atoms with van der Waals surface area (Å²) >= 11 is 0. The number of rotatable bonds is 3. The van der Waals surface area contributed by atoms with Crippen molar-refractivity contribution in [3.63, 3.8) is 0 Å². The van der Waals surface area contributed by atoms with E-state index < -0.39 is 16.2 Å². The van der Waals surface area contributed by atoms with Crippen LogP contribution in [0.25, 0.3) is 0 Å². The maximum Gasteiger partial charge on any atom is 0.265 e. The monoisotopic (exact) mass is 262 g/mol. The maximum atomic E-state index is 12.0. The molecule has 2 aliphatic rings. The lowest BCUT2D eigenvalue weighted by Crippen LogP contribution is -2.45. The number of nitrogens with zero attached hydrogens (tertiary/aromatic N) is 1. The highest BCUT2D eigenvalue weighted by Gasteiger charge is 2.38. The molecule has 17 heavy (non-hydrogen) atoms. The first kappa shape index (κ1) is 12.8. The van der Waals surface area contributed by atoms with Crippen LogP contribution in [0.1, 0.15) is 19.3 Å². The molecule has 2 saturated heterocycles. The van der Waals surface area contributed by atoms with Crippen LogP contribution in [0, 0.1) is 0 Å². The summed E-state index contributed by atoms with van der Waals surface area (Å²) in [7, 11) is -3.55. The molecule has 0 unspecified atom stereocenters. The lowest BCUT2D eigenvalue weighted by Gasteiger charge is -2.31. The van der Waals surface area contributed by atoms with Crippen molar-refractivity contribution in [1.29, 1.82) is 0 Å². The Bertz CT molecular complexity index is 389. The third-order valence-corrected chi connectivity index (χ3v) is 3.81. The van der Waals surface area contributed by atoms with Gasteiger partial charge in [-0.15, -0.1) is 0 Å². The Labute approximate surface area is 101 Å². The minimum Gasteiger partial charge on any atom is -0.337 e. The molecule has 0 radical (unpaired) electrons. The van der Waals surface area contributed by atoms with E-state index in [9.17, 15) is 13.2 Å². The van der Waals surface area contributed by atoms with E-state index in [-0.39, 0.29) is 11.9 Å². The molecular formula is C10H18N2O4S. The Morgan fingerprint density at radius 3 is 2.53 bits per heavy atom. The fraction of sp³-hybridized carbons (Fsp3) is 0.900. The molecular weight excluding hydrogens is 244 g/mol. The van der Waals surface area contributed by atoms with Crippen LogP contribution in [0.3, 0.4) is 0 Å². The summed E-state index contributed by atoms with van der Waals surface area (Å²) in [6.45, 7) is 2.42. The van der Waals surface area contributed by atoms with E-state index in [0.29, 0.717) is 13.0 Å². The number of hydrogen-bond acceptors (Lipinski definition) is 5. The van der Waals surface area contributed by atoms with Crippen LogP contribution >= 0.6 is 0 Å². The van der Waals surface area contributed by atoms with E-state index >= 15 is 0 Å². The van der Waals surface area contributed by atoms with Crippen molar-refractivity contribution >= 4 is 16.0 Å². The number of likely N-dealkylation sites (tertiary alicyclic amines) is 1. The highest BCUT2D eigenvalue weighted by atomic mass is 32.2. The van der Waals surface area contributed by atoms with Crippen LogP contribution in [0.4, 0.5) is 0 Å². The molecule has 1 N–H and O–H groups in total. The van der Waals surface area contributed by atoms with Gasteiger partial charge in [-0.05, 0) is 25.9 Å². The Kier molecular flexibility index (Phi) is 3.70. The average molecular weight is 262 g/mol. The summed E-state index contributed by atoms with van der Waals surface area (Å²) in [5.74, 6) is -0.178. The molecule has 0 bridgehead atoms. The van der Waals surface area contributed by atoms with E-state index in [1.165, 1.54) is 0 Å². The van der Waals surface area contributed by atoms with Crippen molar-refractivity contribution in [2.75, 3.05) is 25.9 Å². The van der Waals surface area contributed by atoms with Crippen LogP contribution < -0.4 is 5.32 Å². The third kappa shape index (κ3) is 3.17.